The molecule has 1 aliphatic heterocycles. The normalized spacial score (nSPS) is 18.8. The van der Waals surface area contributed by atoms with Gasteiger partial charge in [0.25, 0.3) is 0 Å². The first kappa shape index (κ1) is 43.2. The number of rotatable bonds is 4. The summed E-state index contributed by atoms with van der Waals surface area (Å²) >= 11 is 0. The zero-order chi connectivity index (χ0) is 34.0. The molecule has 1 fully saturated rings. The molecule has 3 nitrogen and oxygen atoms in total. The second-order valence-electron chi connectivity index (χ2n) is 12.2. The second kappa shape index (κ2) is 25.4. The van der Waals surface area contributed by atoms with Crippen LogP contribution in [0.4, 0.5) is 0 Å². The van der Waals surface area contributed by atoms with Crippen LogP contribution < -0.4 is 11.1 Å². The van der Waals surface area contributed by atoms with Crippen LogP contribution in [0.3, 0.4) is 0 Å². The lowest BCUT2D eigenvalue weighted by molar-refractivity contribution is -0.0651. The molecule has 0 radical (unpaired) electrons. The zero-order valence-corrected chi connectivity index (χ0v) is 30.6. The van der Waals surface area contributed by atoms with Crippen LogP contribution in [-0.2, 0) is 0 Å². The smallest absolute Gasteiger partial charge is 0.0701 e. The maximum absolute atomic E-state index is 6.20. The van der Waals surface area contributed by atoms with E-state index in [9.17, 15) is 0 Å². The molecule has 1 aliphatic carbocycles. The summed E-state index contributed by atoms with van der Waals surface area (Å²) in [5.74, 6) is 6.22. The third kappa shape index (κ3) is 20.9. The van der Waals surface area contributed by atoms with Crippen LogP contribution in [-0.4, -0.2) is 37.2 Å². The number of nitrogens with one attached hydrogen (secondary N) is 1. The van der Waals surface area contributed by atoms with Crippen LogP contribution in [0.25, 0.3) is 0 Å². The molecule has 2 atom stereocenters. The minimum atomic E-state index is 0.0363. The van der Waals surface area contributed by atoms with E-state index in [1.165, 1.54) is 43.4 Å². The molecule has 2 aromatic carbocycles. The minimum absolute atomic E-state index is 0.0363. The number of hydrogen-bond donors (Lipinski definition) is 2. The van der Waals surface area contributed by atoms with Crippen molar-refractivity contribution < 1.29 is 0 Å². The van der Waals surface area contributed by atoms with Crippen molar-refractivity contribution in [2.75, 3.05) is 20.6 Å². The average Bonchev–Trinajstić information content (AvgIpc) is 3.00. The first-order valence-corrected chi connectivity index (χ1v) is 16.6. The fraction of sp³-hybridized carbons (Fsp3) is 0.512. The van der Waals surface area contributed by atoms with Gasteiger partial charge in [0.1, 0.15) is 0 Å². The van der Waals surface area contributed by atoms with Crippen LogP contribution >= 0.6 is 0 Å². The predicted molar refractivity (Wildman–Crippen MR) is 200 cm³/mol. The van der Waals surface area contributed by atoms with E-state index in [-0.39, 0.29) is 5.66 Å². The van der Waals surface area contributed by atoms with Gasteiger partial charge < -0.3 is 11.1 Å². The Bertz CT molecular complexity index is 1060. The first-order chi connectivity index (χ1) is 20.8. The van der Waals surface area contributed by atoms with Gasteiger partial charge in [0.2, 0.25) is 0 Å². The second-order valence-corrected chi connectivity index (χ2v) is 12.2. The molecule has 3 N–H and O–H groups in total. The predicted octanol–water partition coefficient (Wildman–Crippen LogP) is 10.4. The molecule has 1 saturated heterocycles. The van der Waals surface area contributed by atoms with Gasteiger partial charge in [-0.1, -0.05) is 126 Å². The molecular formula is C41H67N3. The summed E-state index contributed by atoms with van der Waals surface area (Å²) in [7, 11) is 3.75. The summed E-state index contributed by atoms with van der Waals surface area (Å²) in [5.41, 5.74) is 11.3. The van der Waals surface area contributed by atoms with Crippen molar-refractivity contribution in [2.24, 2.45) is 11.1 Å². The van der Waals surface area contributed by atoms with Crippen molar-refractivity contribution in [1.29, 1.82) is 0 Å². The van der Waals surface area contributed by atoms with Crippen molar-refractivity contribution in [3.8, 4) is 11.8 Å². The summed E-state index contributed by atoms with van der Waals surface area (Å²) in [6.45, 7) is 26.0. The number of nitrogens with zero attached hydrogens (tertiary/aromatic N) is 1. The fourth-order valence-electron chi connectivity index (χ4n) is 4.29. The van der Waals surface area contributed by atoms with Gasteiger partial charge in [0.05, 0.1) is 5.66 Å². The van der Waals surface area contributed by atoms with Crippen molar-refractivity contribution in [1.82, 2.24) is 10.2 Å². The maximum atomic E-state index is 6.20. The van der Waals surface area contributed by atoms with Crippen LogP contribution in [0, 0.1) is 17.3 Å². The summed E-state index contributed by atoms with van der Waals surface area (Å²) in [5, 5.41) is 2.75. The molecule has 4 rings (SSSR count). The zero-order valence-electron chi connectivity index (χ0n) is 30.6. The Morgan fingerprint density at radius 2 is 1.39 bits per heavy atom. The number of benzene rings is 2. The topological polar surface area (TPSA) is 41.3 Å². The van der Waals surface area contributed by atoms with E-state index in [2.05, 4.69) is 88.4 Å². The lowest BCUT2D eigenvalue weighted by Gasteiger charge is -2.55. The van der Waals surface area contributed by atoms with E-state index in [1.807, 2.05) is 102 Å². The first-order valence-electron chi connectivity index (χ1n) is 16.6. The van der Waals surface area contributed by atoms with Gasteiger partial charge in [-0.2, -0.15) is 0 Å². The molecule has 246 valence electrons. The summed E-state index contributed by atoms with van der Waals surface area (Å²) in [6, 6.07) is 20.7. The van der Waals surface area contributed by atoms with Gasteiger partial charge in [-0.3, -0.25) is 4.90 Å². The van der Waals surface area contributed by atoms with E-state index in [1.54, 1.807) is 0 Å². The Labute approximate surface area is 274 Å². The Hall–Kier alpha value is -2.90. The fourth-order valence-corrected chi connectivity index (χ4v) is 4.29. The molecule has 0 saturated carbocycles. The van der Waals surface area contributed by atoms with Crippen molar-refractivity contribution >= 4 is 0 Å². The van der Waals surface area contributed by atoms with Crippen LogP contribution in [0.1, 0.15) is 112 Å². The molecule has 0 aromatic heterocycles. The van der Waals surface area contributed by atoms with Gasteiger partial charge in [-0.05, 0) is 97.2 Å². The SMILES string of the molecule is C(#Cc1ccccc1)c1ccccc1.C=C(C)C.CC.CC1=CCC(C)(C)C=C1.CCCCN1C(C)CC1(N)CC.CNC. The largest absolute Gasteiger partial charge is 0.323 e. The lowest BCUT2D eigenvalue weighted by Crippen LogP contribution is -2.69. The monoisotopic (exact) mass is 602 g/mol. The number of nitrogens with two attached hydrogens (primary N) is 1. The molecule has 2 aliphatic rings. The minimum Gasteiger partial charge on any atom is -0.323 e. The number of unbranched alkanes of at least 4 members (excludes halogenated alkanes) is 1. The van der Waals surface area contributed by atoms with Crippen molar-refractivity contribution in [3.05, 3.63) is 108 Å². The number of likely N-dealkylation sites (tertiary alicyclic amines) is 1. The average molecular weight is 602 g/mol. The van der Waals surface area contributed by atoms with Gasteiger partial charge in [-0.15, -0.1) is 6.58 Å². The molecule has 2 unspecified atom stereocenters. The van der Waals surface area contributed by atoms with Crippen LogP contribution in [0.15, 0.2) is 96.6 Å². The van der Waals surface area contributed by atoms with Gasteiger partial charge in [0, 0.05) is 23.7 Å². The summed E-state index contributed by atoms with van der Waals surface area (Å²) in [4.78, 5) is 2.45. The standard InChI is InChI=1S/C14H10.C10H22N2.C9H14.C4H8.C2H7N.C2H6/c1-3-7-13(8-4-1)11-12-14-9-5-2-6-10-14;1-4-6-7-12-9(3)8-10(12,11)5-2;1-8-4-6-9(2,3)7-5-8;1-4(2)3;1-3-2;1-2/h1-10H;9H,4-8,11H2,1-3H3;4-6H,7H2,1-3H3;1H2,2-3H3;3H,1-2H3;1-2H3. The highest BCUT2D eigenvalue weighted by molar-refractivity contribution is 5.42. The molecular weight excluding hydrogens is 534 g/mol. The van der Waals surface area contributed by atoms with Crippen LogP contribution in [0.2, 0.25) is 0 Å². The molecule has 1 heterocycles. The molecule has 3 heteroatoms. The van der Waals surface area contributed by atoms with Crippen molar-refractivity contribution in [3.63, 3.8) is 0 Å². The van der Waals surface area contributed by atoms with E-state index < -0.39 is 0 Å². The summed E-state index contributed by atoms with van der Waals surface area (Å²) in [6.07, 6.45) is 12.8. The molecule has 2 aromatic rings. The van der Waals surface area contributed by atoms with Crippen molar-refractivity contribution in [2.45, 2.75) is 113 Å². The van der Waals surface area contributed by atoms with Gasteiger partial charge >= 0.3 is 0 Å². The lowest BCUT2D eigenvalue weighted by atomic mass is 9.84. The summed E-state index contributed by atoms with van der Waals surface area (Å²) < 4.78 is 0. The molecule has 0 bridgehead atoms. The highest BCUT2D eigenvalue weighted by atomic mass is 15.3. The highest BCUT2D eigenvalue weighted by Crippen LogP contribution is 2.34. The molecule has 0 amide bonds. The molecule has 44 heavy (non-hydrogen) atoms. The highest BCUT2D eigenvalue weighted by Gasteiger charge is 2.44. The Morgan fingerprint density at radius 1 is 0.955 bits per heavy atom. The van der Waals surface area contributed by atoms with E-state index in [4.69, 9.17) is 5.73 Å². The number of allylic oxidation sites excluding steroid dienone is 5. The van der Waals surface area contributed by atoms with E-state index in [0.29, 0.717) is 11.5 Å². The third-order valence-electron chi connectivity index (χ3n) is 6.76. The maximum Gasteiger partial charge on any atom is 0.0701 e. The number of hydrogen-bond acceptors (Lipinski definition) is 3. The molecule has 0 spiro atoms. The van der Waals surface area contributed by atoms with Crippen LogP contribution in [0.5, 0.6) is 0 Å². The van der Waals surface area contributed by atoms with E-state index in [0.717, 1.165) is 17.5 Å². The third-order valence-corrected chi connectivity index (χ3v) is 6.76. The Morgan fingerprint density at radius 3 is 1.68 bits per heavy atom. The quantitative estimate of drug-likeness (QED) is 0.271. The Balaban J connectivity index is 0. The van der Waals surface area contributed by atoms with Gasteiger partial charge in [-0.25, -0.2) is 0 Å². The van der Waals surface area contributed by atoms with E-state index >= 15 is 0 Å². The van der Waals surface area contributed by atoms with Gasteiger partial charge in [0.15, 0.2) is 0 Å². The Kier molecular flexibility index (Phi) is 25.0.